The molecule has 0 spiro atoms. The number of nitrogens with zero attached hydrogens (tertiary/aromatic N) is 11. The van der Waals surface area contributed by atoms with Crippen molar-refractivity contribution in [2.24, 2.45) is 17.2 Å². The molecule has 17 amide bonds. The molecule has 4 aromatic rings. The number of hydrogen-bond donors (Lipinski definition) is 14. The average Bonchev–Trinajstić information content (AvgIpc) is 1.63. The summed E-state index contributed by atoms with van der Waals surface area (Å²) < 4.78 is 0. The molecule has 0 radical (unpaired) electrons. The fourth-order valence-electron chi connectivity index (χ4n) is 23.6. The smallest absolute Gasteiger partial charge is 0.326 e. The van der Waals surface area contributed by atoms with Gasteiger partial charge in [-0.05, 0) is 196 Å². The van der Waals surface area contributed by atoms with Gasteiger partial charge in [0.25, 0.3) is 0 Å². The summed E-state index contributed by atoms with van der Waals surface area (Å²) in [4.78, 5) is 280. The summed E-state index contributed by atoms with van der Waals surface area (Å²) >= 11 is 0. The quantitative estimate of drug-likeness (QED) is 0.0149. The van der Waals surface area contributed by atoms with Crippen LogP contribution >= 0.6 is 0 Å². The summed E-state index contributed by atoms with van der Waals surface area (Å²) in [5.74, 6) is -11.5. The van der Waals surface area contributed by atoms with Crippen molar-refractivity contribution >= 4 is 118 Å². The molecule has 148 heavy (non-hydrogen) atoms. The zero-order valence-corrected chi connectivity index (χ0v) is 83.9. The predicted molar refractivity (Wildman–Crippen MR) is 539 cm³/mol. The Labute approximate surface area is 860 Å². The van der Waals surface area contributed by atoms with Crippen LogP contribution in [0.25, 0.3) is 0 Å². The van der Waals surface area contributed by atoms with Crippen LogP contribution in [0, 0.1) is 10.8 Å². The maximum atomic E-state index is 15.5. The van der Waals surface area contributed by atoms with Crippen LogP contribution in [0.3, 0.4) is 0 Å². The SMILES string of the molecule is N=C(N)NCCC[C@H](NC(=O)[C@@H]1CCCN1C(=O)[C@@H]1CCCN1C(=O)CNC(=O)[C@H](Cc1ccccc1)NC(=O)[C@@H]1CCCN1C(=O)[C@@H]1CCCN1C(=O)[C@@H]1CCCN1C(=O)[C@H](CCCNC(=N)N)NC(=O)[C@H](Cc1ccccc1)NC(=O)[C@@H]1CCCN1C(=O)[C@@H]1CCCN1C(=O)[C@@H]1CCCN1C(=O)[C@@H]1CCCN1C(=O)[C@@H]1CCCN1C(=O)[C@@H](N)Cc1ccccc1)C(=O)N[C@@H](Cc1ccccc1)C(=O)N1CCC[C@H]1C(=O)O. The number of carbonyl (C=O) groups is 18. The number of benzene rings is 4. The molecule has 0 aromatic heterocycles. The van der Waals surface area contributed by atoms with Gasteiger partial charge in [0.2, 0.25) is 100 Å². The zero-order chi connectivity index (χ0) is 105. The molecule has 15 rings (SSSR count). The van der Waals surface area contributed by atoms with Crippen LogP contribution in [-0.2, 0) is 112 Å². The second-order valence-electron chi connectivity index (χ2n) is 40.8. The maximum absolute atomic E-state index is 15.5. The first-order valence-electron chi connectivity index (χ1n) is 52.8. The largest absolute Gasteiger partial charge is 0.480 e. The fraction of sp³-hybridized carbons (Fsp3) is 0.581. The minimum Gasteiger partial charge on any atom is -0.480 e. The molecule has 11 aliphatic heterocycles. The van der Waals surface area contributed by atoms with Gasteiger partial charge in [-0.15, -0.1) is 0 Å². The number of amides is 17. The molecule has 17 atom stereocenters. The van der Waals surface area contributed by atoms with Gasteiger partial charge in [-0.3, -0.25) is 92.3 Å². The Morgan fingerprint density at radius 3 is 0.885 bits per heavy atom. The van der Waals surface area contributed by atoms with Crippen LogP contribution < -0.4 is 59.7 Å². The van der Waals surface area contributed by atoms with Gasteiger partial charge < -0.3 is 119 Å². The molecular formula is C105H142N24O19. The Balaban J connectivity index is 0.562. The number of hydrogen-bond acceptors (Lipinski definition) is 21. The lowest BCUT2D eigenvalue weighted by atomic mass is 10.0. The van der Waals surface area contributed by atoms with Crippen LogP contribution in [0.4, 0.5) is 0 Å². The molecule has 43 heteroatoms. The van der Waals surface area contributed by atoms with E-state index in [1.807, 2.05) is 30.3 Å². The molecule has 11 saturated heterocycles. The van der Waals surface area contributed by atoms with Crippen molar-refractivity contribution in [3.8, 4) is 0 Å². The van der Waals surface area contributed by atoms with E-state index in [4.69, 9.17) is 28.0 Å². The third kappa shape index (κ3) is 26.0. The number of nitrogens with one attached hydrogen (secondary N) is 10. The van der Waals surface area contributed by atoms with Gasteiger partial charge in [-0.2, -0.15) is 0 Å². The van der Waals surface area contributed by atoms with Gasteiger partial charge in [0.15, 0.2) is 11.9 Å². The van der Waals surface area contributed by atoms with Crippen molar-refractivity contribution in [3.63, 3.8) is 0 Å². The van der Waals surface area contributed by atoms with Crippen LogP contribution in [0.5, 0.6) is 0 Å². The van der Waals surface area contributed by atoms with Crippen LogP contribution in [0.1, 0.15) is 189 Å². The molecule has 17 N–H and O–H groups in total. The van der Waals surface area contributed by atoms with Crippen molar-refractivity contribution in [1.82, 2.24) is 96.4 Å². The number of likely N-dealkylation sites (tertiary alicyclic amines) is 11. The summed E-state index contributed by atoms with van der Waals surface area (Å²) in [6.07, 6.45) is 8.18. The monoisotopic (exact) mass is 2040 g/mol. The molecule has 4 aromatic carbocycles. The summed E-state index contributed by atoms with van der Waals surface area (Å²) in [6.45, 7) is 1.64. The highest BCUT2D eigenvalue weighted by Gasteiger charge is 2.54. The highest BCUT2D eigenvalue weighted by atomic mass is 16.4. The third-order valence-electron chi connectivity index (χ3n) is 31.1. The van der Waals surface area contributed by atoms with Crippen molar-refractivity contribution in [3.05, 3.63) is 144 Å². The van der Waals surface area contributed by atoms with Gasteiger partial charge in [-0.1, -0.05) is 121 Å². The summed E-state index contributed by atoms with van der Waals surface area (Å²) in [6, 6.07) is 17.3. The third-order valence-corrected chi connectivity index (χ3v) is 31.1. The molecular weight excluding hydrogens is 1900 g/mol. The first kappa shape index (κ1) is 108. The van der Waals surface area contributed by atoms with Crippen molar-refractivity contribution in [2.75, 3.05) is 91.6 Å². The number of nitrogens with two attached hydrogens (primary N) is 3. The Morgan fingerprint density at radius 1 is 0.284 bits per heavy atom. The topological polar surface area (TPSA) is 585 Å². The Morgan fingerprint density at radius 2 is 0.534 bits per heavy atom. The normalized spacial score (nSPS) is 23.9. The van der Waals surface area contributed by atoms with Crippen LogP contribution in [0.2, 0.25) is 0 Å². The van der Waals surface area contributed by atoms with Gasteiger partial charge >= 0.3 is 5.97 Å². The summed E-state index contributed by atoms with van der Waals surface area (Å²) in [7, 11) is 0. The number of carboxylic acids is 1. The van der Waals surface area contributed by atoms with Gasteiger partial charge in [0, 0.05) is 104 Å². The van der Waals surface area contributed by atoms with Gasteiger partial charge in [0.1, 0.15) is 96.7 Å². The van der Waals surface area contributed by atoms with Crippen molar-refractivity contribution < 1.29 is 91.4 Å². The molecule has 0 saturated carbocycles. The minimum absolute atomic E-state index is 0.000950. The first-order chi connectivity index (χ1) is 71.4. The number of carboxylic acid groups (broad SMARTS) is 1. The van der Waals surface area contributed by atoms with E-state index in [2.05, 4.69) is 42.5 Å². The van der Waals surface area contributed by atoms with E-state index in [1.54, 1.807) is 106 Å². The van der Waals surface area contributed by atoms with Crippen molar-refractivity contribution in [1.29, 1.82) is 10.8 Å². The van der Waals surface area contributed by atoms with Gasteiger partial charge in [0.05, 0.1) is 12.6 Å². The summed E-state index contributed by atoms with van der Waals surface area (Å²) in [5, 5.41) is 48.1. The molecule has 11 aliphatic rings. The minimum atomic E-state index is -1.35. The maximum Gasteiger partial charge on any atom is 0.326 e. The highest BCUT2D eigenvalue weighted by molar-refractivity contribution is 6.03. The number of carbonyl (C=O) groups excluding carboxylic acids is 17. The van der Waals surface area contributed by atoms with E-state index >= 15 is 33.6 Å². The predicted octanol–water partition coefficient (Wildman–Crippen LogP) is -0.663. The second-order valence-corrected chi connectivity index (χ2v) is 40.8. The lowest BCUT2D eigenvalue weighted by molar-refractivity contribution is -0.153. The highest BCUT2D eigenvalue weighted by Crippen LogP contribution is 2.36. The standard InChI is InChI=1S/C105H142N24O19/c106-69(60-65-26-5-1-6-27-65)93(137)123-53-19-40-79(123)99(143)127-57-23-44-83(127)102(146)128-58-24-45-84(128)101(145)126-56-22-43-82(126)98(142)122-52-17-38-77(122)92(136)117-73(62-67-30-9-3-10-31-67)89(133)115-71(35-14-48-112-105(109)110)94(138)124-54-20-41-80(124)100(144)125-55-21-42-81(125)97(141)121-51-16-37-76(121)91(135)116-72(61-66-28-7-2-8-29-66)87(131)113-64-86(130)119-49-18-39-78(119)96(140)120-50-15-36-75(120)90(134)114-70(34-13-47-111-104(107)108)88(132)118-74(63-68-32-11-4-12-33-68)95(139)129-59-25-46-85(129)103(147)148/h1-12,26-33,69-85H,13-25,34-64,106H2,(H,113,131)(H,114,134)(H,115,133)(H,116,135)(H,117,136)(H,118,132)(H,147,148)(H4,107,108,111)(H4,109,110,112)/t69-,70-,71-,72-,73-,74-,75-,76-,77-,78-,79-,80-,81-,82-,83-,84-,85-/m0/s1. The Kier molecular flexibility index (Phi) is 36.9. The fourth-order valence-corrected chi connectivity index (χ4v) is 23.6. The zero-order valence-electron chi connectivity index (χ0n) is 83.9. The van der Waals surface area contributed by atoms with E-state index in [9.17, 15) is 57.8 Å². The van der Waals surface area contributed by atoms with Crippen LogP contribution in [0.15, 0.2) is 121 Å². The molecule has 11 heterocycles. The second kappa shape index (κ2) is 50.5. The van der Waals surface area contributed by atoms with Crippen molar-refractivity contribution in [2.45, 2.75) is 295 Å². The Hall–Kier alpha value is -14.2. The molecule has 0 bridgehead atoms. The average molecular weight is 2040 g/mol. The lowest BCUT2D eigenvalue weighted by Crippen LogP contribution is -2.60. The van der Waals surface area contributed by atoms with E-state index < -0.39 is 198 Å². The van der Waals surface area contributed by atoms with E-state index in [-0.39, 0.29) is 198 Å². The molecule has 11 fully saturated rings. The number of guanidine groups is 2. The van der Waals surface area contributed by atoms with Gasteiger partial charge in [-0.25, -0.2) is 4.79 Å². The molecule has 0 unspecified atom stereocenters. The number of aliphatic carboxylic acids is 1. The number of rotatable bonds is 40. The summed E-state index contributed by atoms with van der Waals surface area (Å²) in [5.41, 5.74) is 20.6. The lowest BCUT2D eigenvalue weighted by Gasteiger charge is -2.36. The first-order valence-corrected chi connectivity index (χ1v) is 52.8. The van der Waals surface area contributed by atoms with E-state index in [0.717, 1.165) is 5.56 Å². The Bertz CT molecular complexity index is 5520. The molecule has 0 aliphatic carbocycles. The molecule has 43 nitrogen and oxygen atoms in total. The van der Waals surface area contributed by atoms with E-state index in [0.29, 0.717) is 126 Å². The van der Waals surface area contributed by atoms with E-state index in [1.165, 1.54) is 39.2 Å². The molecule has 796 valence electrons. The van der Waals surface area contributed by atoms with Crippen LogP contribution in [-0.4, -0.2) is 372 Å².